The van der Waals surface area contributed by atoms with E-state index in [1.165, 1.54) is 0 Å². The van der Waals surface area contributed by atoms with Gasteiger partial charge in [0.2, 0.25) is 0 Å². The molecule has 0 saturated heterocycles. The van der Waals surface area contributed by atoms with Crippen LogP contribution in [0, 0.1) is 0 Å². The van der Waals surface area contributed by atoms with Crippen LogP contribution in [0.2, 0.25) is 0 Å². The van der Waals surface area contributed by atoms with Crippen molar-refractivity contribution >= 4 is 16.7 Å². The summed E-state index contributed by atoms with van der Waals surface area (Å²) >= 11 is 0. The monoisotopic (exact) mass is 265 g/mol. The Hall–Kier alpha value is -1.79. The van der Waals surface area contributed by atoms with E-state index in [0.717, 1.165) is 16.5 Å². The molecule has 0 bridgehead atoms. The predicted octanol–water partition coefficient (Wildman–Crippen LogP) is 1.50. The summed E-state index contributed by atoms with van der Waals surface area (Å²) in [5.41, 5.74) is 7.78. The number of nitrogens with zero attached hydrogens (tertiary/aromatic N) is 2. The summed E-state index contributed by atoms with van der Waals surface area (Å²) in [6, 6.07) is 3.91. The number of nitrogen functional groups attached to an aromatic ring is 1. The van der Waals surface area contributed by atoms with Gasteiger partial charge >= 0.3 is 0 Å². The molecule has 6 heteroatoms. The first-order valence-corrected chi connectivity index (χ1v) is 5.94. The van der Waals surface area contributed by atoms with Crippen LogP contribution in [-0.2, 0) is 16.5 Å². The van der Waals surface area contributed by atoms with Crippen LogP contribution in [0.15, 0.2) is 12.1 Å². The topological polar surface area (TPSA) is 71.5 Å². The van der Waals surface area contributed by atoms with E-state index < -0.39 is 0 Å². The van der Waals surface area contributed by atoms with Crippen LogP contribution >= 0.6 is 0 Å². The second-order valence-corrected chi connectivity index (χ2v) is 4.27. The molecule has 1 atom stereocenters. The third-order valence-corrected chi connectivity index (χ3v) is 3.18. The number of nitrogens with two attached hydrogens (primary N) is 1. The molecule has 2 rings (SSSR count). The zero-order valence-corrected chi connectivity index (χ0v) is 11.6. The number of hydrogen-bond acceptors (Lipinski definition) is 5. The SMILES string of the molecule is COCC(OC)c1ccc2c(c(N)nn2C)c1OC. The van der Waals surface area contributed by atoms with Gasteiger partial charge in [0.25, 0.3) is 0 Å². The summed E-state index contributed by atoms with van der Waals surface area (Å²) in [5, 5.41) is 5.02. The van der Waals surface area contributed by atoms with Gasteiger partial charge in [0.15, 0.2) is 5.82 Å². The highest BCUT2D eigenvalue weighted by atomic mass is 16.5. The molecule has 6 nitrogen and oxygen atoms in total. The van der Waals surface area contributed by atoms with Crippen molar-refractivity contribution in [1.29, 1.82) is 0 Å². The molecule has 104 valence electrons. The van der Waals surface area contributed by atoms with Crippen molar-refractivity contribution < 1.29 is 14.2 Å². The average Bonchev–Trinajstić information content (AvgIpc) is 2.70. The molecule has 2 N–H and O–H groups in total. The molecule has 19 heavy (non-hydrogen) atoms. The molecule has 0 spiro atoms. The van der Waals surface area contributed by atoms with Crippen molar-refractivity contribution in [2.45, 2.75) is 6.10 Å². The maximum Gasteiger partial charge on any atom is 0.157 e. The number of ether oxygens (including phenoxy) is 3. The van der Waals surface area contributed by atoms with Crippen molar-refractivity contribution in [3.05, 3.63) is 17.7 Å². The average molecular weight is 265 g/mol. The first-order valence-electron chi connectivity index (χ1n) is 5.94. The fourth-order valence-electron chi connectivity index (χ4n) is 2.28. The Morgan fingerprint density at radius 2 is 2.05 bits per heavy atom. The normalized spacial score (nSPS) is 12.8. The van der Waals surface area contributed by atoms with Gasteiger partial charge in [0.1, 0.15) is 11.9 Å². The molecule has 1 unspecified atom stereocenters. The molecule has 0 aliphatic rings. The van der Waals surface area contributed by atoms with Gasteiger partial charge in [-0.2, -0.15) is 5.10 Å². The second-order valence-electron chi connectivity index (χ2n) is 4.27. The Bertz CT molecular complexity index is 580. The van der Waals surface area contributed by atoms with Crippen LogP contribution < -0.4 is 10.5 Å². The van der Waals surface area contributed by atoms with E-state index in [0.29, 0.717) is 18.2 Å². The summed E-state index contributed by atoms with van der Waals surface area (Å²) in [7, 11) is 6.74. The van der Waals surface area contributed by atoms with Gasteiger partial charge in [-0.3, -0.25) is 4.68 Å². The third-order valence-electron chi connectivity index (χ3n) is 3.18. The zero-order valence-electron chi connectivity index (χ0n) is 11.6. The maximum absolute atomic E-state index is 5.95. The van der Waals surface area contributed by atoms with Crippen molar-refractivity contribution in [2.24, 2.45) is 7.05 Å². The highest BCUT2D eigenvalue weighted by Gasteiger charge is 2.21. The molecule has 0 saturated carbocycles. The number of methoxy groups -OCH3 is 3. The fraction of sp³-hybridized carbons (Fsp3) is 0.462. The van der Waals surface area contributed by atoms with Crippen molar-refractivity contribution in [1.82, 2.24) is 9.78 Å². The van der Waals surface area contributed by atoms with E-state index in [4.69, 9.17) is 19.9 Å². The van der Waals surface area contributed by atoms with Crippen LogP contribution in [0.4, 0.5) is 5.82 Å². The van der Waals surface area contributed by atoms with Gasteiger partial charge in [-0.25, -0.2) is 0 Å². The molecule has 0 aliphatic carbocycles. The van der Waals surface area contributed by atoms with Crippen LogP contribution in [0.5, 0.6) is 5.75 Å². The number of benzene rings is 1. The number of hydrogen-bond donors (Lipinski definition) is 1. The number of aromatic nitrogens is 2. The van der Waals surface area contributed by atoms with Gasteiger partial charge in [-0.05, 0) is 6.07 Å². The van der Waals surface area contributed by atoms with E-state index in [1.807, 2.05) is 19.2 Å². The lowest BCUT2D eigenvalue weighted by atomic mass is 10.1. The molecule has 1 aromatic carbocycles. The highest BCUT2D eigenvalue weighted by Crippen LogP contribution is 2.37. The first-order chi connectivity index (χ1) is 9.13. The van der Waals surface area contributed by atoms with E-state index in [1.54, 1.807) is 26.0 Å². The fourth-order valence-corrected chi connectivity index (χ4v) is 2.28. The summed E-state index contributed by atoms with van der Waals surface area (Å²) in [4.78, 5) is 0. The van der Waals surface area contributed by atoms with E-state index >= 15 is 0 Å². The van der Waals surface area contributed by atoms with Crippen LogP contribution in [0.25, 0.3) is 10.9 Å². The number of anilines is 1. The van der Waals surface area contributed by atoms with E-state index in [2.05, 4.69) is 5.10 Å². The largest absolute Gasteiger partial charge is 0.496 e. The molecular weight excluding hydrogens is 246 g/mol. The Labute approximate surface area is 112 Å². The predicted molar refractivity (Wildman–Crippen MR) is 73.3 cm³/mol. The minimum Gasteiger partial charge on any atom is -0.496 e. The summed E-state index contributed by atoms with van der Waals surface area (Å²) in [6.45, 7) is 0.443. The summed E-state index contributed by atoms with van der Waals surface area (Å²) in [6.07, 6.45) is -0.205. The highest BCUT2D eigenvalue weighted by molar-refractivity contribution is 5.95. The number of aryl methyl sites for hydroxylation is 1. The van der Waals surface area contributed by atoms with Crippen molar-refractivity contribution in [2.75, 3.05) is 33.7 Å². The van der Waals surface area contributed by atoms with Crippen LogP contribution in [-0.4, -0.2) is 37.7 Å². The van der Waals surface area contributed by atoms with E-state index in [9.17, 15) is 0 Å². The minimum atomic E-state index is -0.205. The van der Waals surface area contributed by atoms with Gasteiger partial charge in [-0.15, -0.1) is 0 Å². The number of rotatable bonds is 5. The number of fused-ring (bicyclic) bond motifs is 1. The Morgan fingerprint density at radius 3 is 2.63 bits per heavy atom. The molecule has 0 aliphatic heterocycles. The van der Waals surface area contributed by atoms with E-state index in [-0.39, 0.29) is 6.10 Å². The quantitative estimate of drug-likeness (QED) is 0.887. The molecular formula is C13H19N3O3. The van der Waals surface area contributed by atoms with Crippen LogP contribution in [0.1, 0.15) is 11.7 Å². The Kier molecular flexibility index (Phi) is 3.92. The molecule has 0 radical (unpaired) electrons. The van der Waals surface area contributed by atoms with Crippen LogP contribution in [0.3, 0.4) is 0 Å². The lowest BCUT2D eigenvalue weighted by molar-refractivity contribution is 0.0262. The van der Waals surface area contributed by atoms with Gasteiger partial charge in [-0.1, -0.05) is 6.07 Å². The minimum absolute atomic E-state index is 0.205. The molecule has 0 amide bonds. The maximum atomic E-state index is 5.95. The molecule has 1 heterocycles. The lowest BCUT2D eigenvalue weighted by Gasteiger charge is -2.18. The molecule has 2 aromatic rings. The van der Waals surface area contributed by atoms with Crippen molar-refractivity contribution in [3.8, 4) is 5.75 Å². The Morgan fingerprint density at radius 1 is 1.32 bits per heavy atom. The van der Waals surface area contributed by atoms with Gasteiger partial charge in [0.05, 0.1) is 24.6 Å². The second kappa shape index (κ2) is 5.46. The smallest absolute Gasteiger partial charge is 0.157 e. The van der Waals surface area contributed by atoms with Gasteiger partial charge < -0.3 is 19.9 Å². The Balaban J connectivity index is 2.65. The zero-order chi connectivity index (χ0) is 14.0. The lowest BCUT2D eigenvalue weighted by Crippen LogP contribution is -2.10. The summed E-state index contributed by atoms with van der Waals surface area (Å²) < 4.78 is 17.8. The van der Waals surface area contributed by atoms with Gasteiger partial charge in [0, 0.05) is 26.8 Å². The first kappa shape index (κ1) is 13.6. The third kappa shape index (κ3) is 2.24. The van der Waals surface area contributed by atoms with Crippen molar-refractivity contribution in [3.63, 3.8) is 0 Å². The molecule has 0 fully saturated rings. The summed E-state index contributed by atoms with van der Waals surface area (Å²) in [5.74, 6) is 1.13. The molecule has 1 aromatic heterocycles. The standard InChI is InChI=1S/C13H19N3O3/c1-16-9-6-5-8(10(18-3)7-17-2)12(19-4)11(9)13(14)15-16/h5-6,10H,7H2,1-4H3,(H2,14,15).